The summed E-state index contributed by atoms with van der Waals surface area (Å²) in [5, 5.41) is 6.83. The van der Waals surface area contributed by atoms with E-state index in [1.807, 2.05) is 11.7 Å². The van der Waals surface area contributed by atoms with Crippen molar-refractivity contribution in [1.82, 2.24) is 15.6 Å². The zero-order valence-electron chi connectivity index (χ0n) is 7.62. The van der Waals surface area contributed by atoms with Crippen molar-refractivity contribution in [1.29, 1.82) is 0 Å². The van der Waals surface area contributed by atoms with Crippen LogP contribution in [0.4, 0.5) is 0 Å². The van der Waals surface area contributed by atoms with E-state index >= 15 is 0 Å². The Morgan fingerprint density at radius 2 is 2.69 bits per heavy atom. The Hall–Kier alpha value is -0.450. The van der Waals surface area contributed by atoms with E-state index in [-0.39, 0.29) is 0 Å². The largest absolute Gasteiger partial charge is 0.316 e. The fourth-order valence-electron chi connectivity index (χ4n) is 1.62. The van der Waals surface area contributed by atoms with E-state index in [4.69, 9.17) is 0 Å². The molecule has 1 fully saturated rings. The van der Waals surface area contributed by atoms with E-state index in [2.05, 4.69) is 15.6 Å². The second kappa shape index (κ2) is 4.69. The van der Waals surface area contributed by atoms with Gasteiger partial charge in [0, 0.05) is 17.6 Å². The van der Waals surface area contributed by atoms with Crippen molar-refractivity contribution in [2.24, 2.45) is 5.92 Å². The van der Waals surface area contributed by atoms with Crippen LogP contribution in [0, 0.1) is 5.92 Å². The third-order valence-corrected chi connectivity index (χ3v) is 3.16. The maximum absolute atomic E-state index is 4.04. The molecule has 1 aliphatic rings. The van der Waals surface area contributed by atoms with Gasteiger partial charge in [-0.15, -0.1) is 11.3 Å². The summed E-state index contributed by atoms with van der Waals surface area (Å²) < 4.78 is 0. The maximum Gasteiger partial charge on any atom is 0.0794 e. The third kappa shape index (κ3) is 2.76. The fourth-order valence-corrected chi connectivity index (χ4v) is 2.18. The van der Waals surface area contributed by atoms with Crippen LogP contribution >= 0.6 is 11.3 Å². The van der Waals surface area contributed by atoms with Gasteiger partial charge < -0.3 is 10.6 Å². The van der Waals surface area contributed by atoms with Crippen molar-refractivity contribution in [2.75, 3.05) is 19.6 Å². The Bertz CT molecular complexity index is 229. The van der Waals surface area contributed by atoms with E-state index in [0.29, 0.717) is 0 Å². The summed E-state index contributed by atoms with van der Waals surface area (Å²) in [5.41, 5.74) is 1.88. The van der Waals surface area contributed by atoms with Crippen LogP contribution < -0.4 is 10.6 Å². The second-order valence-corrected chi connectivity index (χ2v) is 4.43. The molecule has 0 aliphatic carbocycles. The average molecular weight is 197 g/mol. The molecule has 1 aromatic rings. The summed E-state index contributed by atoms with van der Waals surface area (Å²) >= 11 is 1.72. The summed E-state index contributed by atoms with van der Waals surface area (Å²) in [6.45, 7) is 4.47. The molecule has 2 rings (SSSR count). The lowest BCUT2D eigenvalue weighted by atomic mass is 10.1. The van der Waals surface area contributed by atoms with Gasteiger partial charge in [0.1, 0.15) is 0 Å². The van der Waals surface area contributed by atoms with Gasteiger partial charge in [0.2, 0.25) is 0 Å². The normalized spacial score (nSPS) is 22.3. The van der Waals surface area contributed by atoms with Gasteiger partial charge in [-0.1, -0.05) is 0 Å². The summed E-state index contributed by atoms with van der Waals surface area (Å²) in [4.78, 5) is 5.36. The first-order valence-corrected chi connectivity index (χ1v) is 5.62. The lowest BCUT2D eigenvalue weighted by Gasteiger charge is -2.08. The van der Waals surface area contributed by atoms with Crippen molar-refractivity contribution in [3.63, 3.8) is 0 Å². The minimum atomic E-state index is 0.827. The van der Waals surface area contributed by atoms with Gasteiger partial charge in [0.05, 0.1) is 5.51 Å². The molecule has 1 aliphatic heterocycles. The molecular formula is C9H15N3S. The van der Waals surface area contributed by atoms with E-state index in [1.165, 1.54) is 24.4 Å². The fraction of sp³-hybridized carbons (Fsp3) is 0.667. The van der Waals surface area contributed by atoms with Crippen LogP contribution in [0.5, 0.6) is 0 Å². The number of hydrogen-bond donors (Lipinski definition) is 2. The van der Waals surface area contributed by atoms with Crippen LogP contribution in [0.3, 0.4) is 0 Å². The quantitative estimate of drug-likeness (QED) is 0.751. The number of nitrogens with one attached hydrogen (secondary N) is 2. The SMILES string of the molecule is c1ncc(CNC[C@@H]2CCNC2)s1. The third-order valence-electron chi connectivity index (χ3n) is 2.38. The van der Waals surface area contributed by atoms with Crippen molar-refractivity contribution in [2.45, 2.75) is 13.0 Å². The number of rotatable bonds is 4. The molecule has 2 N–H and O–H groups in total. The highest BCUT2D eigenvalue weighted by Crippen LogP contribution is 2.07. The summed E-state index contributed by atoms with van der Waals surface area (Å²) in [7, 11) is 0. The smallest absolute Gasteiger partial charge is 0.0794 e. The molecule has 1 aromatic heterocycles. The Morgan fingerprint density at radius 3 is 3.38 bits per heavy atom. The summed E-state index contributed by atoms with van der Waals surface area (Å²) in [5.74, 6) is 0.827. The average Bonchev–Trinajstić information content (AvgIpc) is 2.75. The molecule has 0 amide bonds. The van der Waals surface area contributed by atoms with Gasteiger partial charge in [-0.25, -0.2) is 0 Å². The van der Waals surface area contributed by atoms with Crippen LogP contribution in [0.25, 0.3) is 0 Å². The van der Waals surface area contributed by atoms with Gasteiger partial charge in [0.15, 0.2) is 0 Å². The van der Waals surface area contributed by atoms with Crippen LogP contribution in [0.2, 0.25) is 0 Å². The molecule has 0 spiro atoms. The molecule has 3 nitrogen and oxygen atoms in total. The van der Waals surface area contributed by atoms with Gasteiger partial charge in [-0.05, 0) is 32.0 Å². The zero-order chi connectivity index (χ0) is 8.93. The first-order valence-electron chi connectivity index (χ1n) is 4.74. The molecule has 4 heteroatoms. The van der Waals surface area contributed by atoms with Crippen LogP contribution in [0.1, 0.15) is 11.3 Å². The van der Waals surface area contributed by atoms with Gasteiger partial charge >= 0.3 is 0 Å². The molecule has 72 valence electrons. The summed E-state index contributed by atoms with van der Waals surface area (Å²) in [6, 6.07) is 0. The standard InChI is InChI=1S/C9H15N3S/c1-2-10-3-8(1)4-11-5-9-6-12-7-13-9/h6-8,10-11H,1-5H2/t8-/m1/s1. The van der Waals surface area contributed by atoms with E-state index in [9.17, 15) is 0 Å². The number of hydrogen-bond acceptors (Lipinski definition) is 4. The van der Waals surface area contributed by atoms with Crippen LogP contribution in [-0.2, 0) is 6.54 Å². The van der Waals surface area contributed by atoms with Crippen molar-refractivity contribution < 1.29 is 0 Å². The molecule has 0 unspecified atom stereocenters. The second-order valence-electron chi connectivity index (χ2n) is 3.46. The maximum atomic E-state index is 4.04. The molecule has 13 heavy (non-hydrogen) atoms. The molecule has 1 saturated heterocycles. The van der Waals surface area contributed by atoms with Gasteiger partial charge in [-0.3, -0.25) is 4.98 Å². The Labute approximate surface area is 82.6 Å². The zero-order valence-corrected chi connectivity index (χ0v) is 8.44. The molecule has 0 radical (unpaired) electrons. The minimum Gasteiger partial charge on any atom is -0.316 e. The lowest BCUT2D eigenvalue weighted by molar-refractivity contribution is 0.514. The number of aromatic nitrogens is 1. The monoisotopic (exact) mass is 197 g/mol. The minimum absolute atomic E-state index is 0.827. The molecular weight excluding hydrogens is 182 g/mol. The van der Waals surface area contributed by atoms with Crippen molar-refractivity contribution in [3.05, 3.63) is 16.6 Å². The van der Waals surface area contributed by atoms with Crippen molar-refractivity contribution in [3.8, 4) is 0 Å². The molecule has 0 aromatic carbocycles. The molecule has 2 heterocycles. The van der Waals surface area contributed by atoms with Crippen LogP contribution in [0.15, 0.2) is 11.7 Å². The van der Waals surface area contributed by atoms with Gasteiger partial charge in [-0.2, -0.15) is 0 Å². The molecule has 0 saturated carbocycles. The highest BCUT2D eigenvalue weighted by atomic mass is 32.1. The first kappa shape index (κ1) is 9.12. The molecule has 0 bridgehead atoms. The Morgan fingerprint density at radius 1 is 1.69 bits per heavy atom. The topological polar surface area (TPSA) is 37.0 Å². The van der Waals surface area contributed by atoms with E-state index in [1.54, 1.807) is 11.3 Å². The van der Waals surface area contributed by atoms with Gasteiger partial charge in [0.25, 0.3) is 0 Å². The number of nitrogens with zero attached hydrogens (tertiary/aromatic N) is 1. The Balaban J connectivity index is 1.63. The van der Waals surface area contributed by atoms with E-state index in [0.717, 1.165) is 19.0 Å². The predicted molar refractivity (Wildman–Crippen MR) is 54.8 cm³/mol. The van der Waals surface area contributed by atoms with Crippen molar-refractivity contribution >= 4 is 11.3 Å². The lowest BCUT2D eigenvalue weighted by Crippen LogP contribution is -2.23. The van der Waals surface area contributed by atoms with E-state index < -0.39 is 0 Å². The molecule has 1 atom stereocenters. The highest BCUT2D eigenvalue weighted by Gasteiger charge is 2.13. The Kier molecular flexibility index (Phi) is 3.29. The highest BCUT2D eigenvalue weighted by molar-refractivity contribution is 7.09. The number of thiazole rings is 1. The predicted octanol–water partition coefficient (Wildman–Crippen LogP) is 0.842. The van der Waals surface area contributed by atoms with Crippen LogP contribution in [-0.4, -0.2) is 24.6 Å². The summed E-state index contributed by atoms with van der Waals surface area (Å²) in [6.07, 6.45) is 3.25. The first-order chi connectivity index (χ1) is 6.45.